The predicted molar refractivity (Wildman–Crippen MR) is 107 cm³/mol. The molecule has 2 N–H and O–H groups in total. The van der Waals surface area contributed by atoms with Crippen molar-refractivity contribution in [1.82, 2.24) is 29.5 Å². The molecule has 0 radical (unpaired) electrons. The molecule has 0 saturated carbocycles. The van der Waals surface area contributed by atoms with Gasteiger partial charge in [-0.15, -0.1) is 0 Å². The van der Waals surface area contributed by atoms with Crippen LogP contribution in [0, 0.1) is 11.6 Å². The van der Waals surface area contributed by atoms with Crippen molar-refractivity contribution in [2.45, 2.75) is 19.4 Å². The van der Waals surface area contributed by atoms with Gasteiger partial charge in [-0.05, 0) is 12.1 Å². The van der Waals surface area contributed by atoms with Crippen molar-refractivity contribution >= 4 is 28.6 Å². The zero-order valence-electron chi connectivity index (χ0n) is 16.7. The van der Waals surface area contributed by atoms with Gasteiger partial charge in [0.1, 0.15) is 11.3 Å². The number of aromatic nitrogens is 6. The number of nitrogens with zero attached hydrogens (tertiary/aromatic N) is 6. The van der Waals surface area contributed by atoms with Crippen LogP contribution in [0.5, 0.6) is 0 Å². The number of ether oxygens (including phenoxy) is 1. The molecule has 0 aliphatic carbocycles. The van der Waals surface area contributed by atoms with Gasteiger partial charge in [0.15, 0.2) is 17.3 Å². The van der Waals surface area contributed by atoms with Crippen LogP contribution in [0.4, 0.5) is 29.5 Å². The first kappa shape index (κ1) is 20.4. The molecule has 4 heterocycles. The highest BCUT2D eigenvalue weighted by Gasteiger charge is 2.21. The number of anilines is 2. The van der Waals surface area contributed by atoms with Crippen molar-refractivity contribution < 1.29 is 22.3 Å². The SMILES string of the molecule is Fc1ccc2[nH]c(CNc3nc(N4CCOCC4)nc4c(CC(F)F)cnn34)nc2c1F. The van der Waals surface area contributed by atoms with E-state index in [1.165, 1.54) is 16.8 Å². The summed E-state index contributed by atoms with van der Waals surface area (Å²) in [7, 11) is 0. The van der Waals surface area contributed by atoms with Crippen molar-refractivity contribution in [3.63, 3.8) is 0 Å². The Bertz CT molecular complexity index is 1270. The van der Waals surface area contributed by atoms with Crippen LogP contribution < -0.4 is 10.2 Å². The molecule has 5 rings (SSSR count). The van der Waals surface area contributed by atoms with Crippen LogP contribution >= 0.6 is 0 Å². The summed E-state index contributed by atoms with van der Waals surface area (Å²) >= 11 is 0. The van der Waals surface area contributed by atoms with Gasteiger partial charge in [0.25, 0.3) is 0 Å². The van der Waals surface area contributed by atoms with Crippen LogP contribution in [0.25, 0.3) is 16.7 Å². The van der Waals surface area contributed by atoms with Gasteiger partial charge in [0.2, 0.25) is 18.3 Å². The Hall–Kier alpha value is -3.48. The van der Waals surface area contributed by atoms with Crippen LogP contribution in [0.3, 0.4) is 0 Å². The van der Waals surface area contributed by atoms with Gasteiger partial charge in [-0.1, -0.05) is 0 Å². The van der Waals surface area contributed by atoms with E-state index < -0.39 is 24.5 Å². The normalized spacial score (nSPS) is 14.7. The minimum Gasteiger partial charge on any atom is -0.378 e. The Labute approximate surface area is 178 Å². The van der Waals surface area contributed by atoms with Crippen molar-refractivity contribution in [2.24, 2.45) is 0 Å². The zero-order chi connectivity index (χ0) is 22.2. The summed E-state index contributed by atoms with van der Waals surface area (Å²) in [5.74, 6) is -1.07. The molecule has 0 amide bonds. The molecular formula is C19H18F4N8O. The van der Waals surface area contributed by atoms with Crippen molar-refractivity contribution in [2.75, 3.05) is 36.5 Å². The average molecular weight is 450 g/mol. The van der Waals surface area contributed by atoms with E-state index in [0.717, 1.165) is 6.07 Å². The lowest BCUT2D eigenvalue weighted by Gasteiger charge is -2.27. The molecule has 168 valence electrons. The fraction of sp³-hybridized carbons (Fsp3) is 0.368. The first-order chi connectivity index (χ1) is 15.5. The lowest BCUT2D eigenvalue weighted by Crippen LogP contribution is -2.37. The molecule has 4 aromatic rings. The smallest absolute Gasteiger partial charge is 0.242 e. The first-order valence-corrected chi connectivity index (χ1v) is 9.91. The number of alkyl halides is 2. The molecular weight excluding hydrogens is 432 g/mol. The van der Waals surface area contributed by atoms with Gasteiger partial charge in [0.05, 0.1) is 31.5 Å². The second kappa shape index (κ2) is 8.22. The summed E-state index contributed by atoms with van der Waals surface area (Å²) in [5.41, 5.74) is 0.797. The summed E-state index contributed by atoms with van der Waals surface area (Å²) < 4.78 is 60.1. The molecule has 0 unspecified atom stereocenters. The number of aromatic amines is 1. The number of hydrogen-bond acceptors (Lipinski definition) is 7. The monoisotopic (exact) mass is 450 g/mol. The Kier molecular flexibility index (Phi) is 5.25. The van der Waals surface area contributed by atoms with Crippen molar-refractivity contribution in [3.05, 3.63) is 41.4 Å². The molecule has 0 spiro atoms. The maximum Gasteiger partial charge on any atom is 0.242 e. The van der Waals surface area contributed by atoms with Crippen molar-refractivity contribution in [1.29, 1.82) is 0 Å². The van der Waals surface area contributed by atoms with Crippen molar-refractivity contribution in [3.8, 4) is 0 Å². The predicted octanol–water partition coefficient (Wildman–Crippen LogP) is 2.54. The second-order valence-electron chi connectivity index (χ2n) is 7.24. The highest BCUT2D eigenvalue weighted by Crippen LogP contribution is 2.22. The summed E-state index contributed by atoms with van der Waals surface area (Å²) in [6.45, 7) is 2.20. The number of nitrogens with one attached hydrogen (secondary N) is 2. The third-order valence-corrected chi connectivity index (χ3v) is 5.11. The van der Waals surface area contributed by atoms with E-state index >= 15 is 0 Å². The summed E-state index contributed by atoms with van der Waals surface area (Å²) in [6, 6.07) is 2.41. The number of imidazole rings is 1. The highest BCUT2D eigenvalue weighted by atomic mass is 19.3. The summed E-state index contributed by atoms with van der Waals surface area (Å²) in [5, 5.41) is 7.19. The molecule has 1 saturated heterocycles. The Morgan fingerprint density at radius 3 is 2.72 bits per heavy atom. The van der Waals surface area contributed by atoms with Gasteiger partial charge in [-0.2, -0.15) is 19.6 Å². The molecule has 9 nitrogen and oxygen atoms in total. The molecule has 1 aliphatic rings. The Morgan fingerprint density at radius 1 is 1.12 bits per heavy atom. The van der Waals surface area contributed by atoms with E-state index in [9.17, 15) is 17.6 Å². The molecule has 1 aromatic carbocycles. The Morgan fingerprint density at radius 2 is 1.94 bits per heavy atom. The van der Waals surface area contributed by atoms with E-state index in [0.29, 0.717) is 49.2 Å². The maximum atomic E-state index is 14.0. The summed E-state index contributed by atoms with van der Waals surface area (Å²) in [4.78, 5) is 17.9. The van der Waals surface area contributed by atoms with Gasteiger partial charge >= 0.3 is 0 Å². The molecule has 0 atom stereocenters. The number of morpholine rings is 1. The fourth-order valence-electron chi connectivity index (χ4n) is 3.56. The second-order valence-corrected chi connectivity index (χ2v) is 7.24. The van der Waals surface area contributed by atoms with E-state index in [1.807, 2.05) is 4.90 Å². The first-order valence-electron chi connectivity index (χ1n) is 9.91. The lowest BCUT2D eigenvalue weighted by molar-refractivity contribution is 0.122. The maximum absolute atomic E-state index is 14.0. The number of rotatable bonds is 6. The molecule has 1 aliphatic heterocycles. The van der Waals surface area contributed by atoms with E-state index in [-0.39, 0.29) is 23.7 Å². The topological polar surface area (TPSA) is 96.3 Å². The molecule has 32 heavy (non-hydrogen) atoms. The van der Waals surface area contributed by atoms with E-state index in [2.05, 4.69) is 30.4 Å². The Balaban J connectivity index is 1.49. The molecule has 3 aromatic heterocycles. The number of fused-ring (bicyclic) bond motifs is 2. The quantitative estimate of drug-likeness (QED) is 0.436. The van der Waals surface area contributed by atoms with E-state index in [1.54, 1.807) is 0 Å². The number of halogens is 4. The van der Waals surface area contributed by atoms with Crippen LogP contribution in [0.15, 0.2) is 18.3 Å². The van der Waals surface area contributed by atoms with Gasteiger partial charge in [-0.25, -0.2) is 22.5 Å². The van der Waals surface area contributed by atoms with Crippen LogP contribution in [0.2, 0.25) is 0 Å². The van der Waals surface area contributed by atoms with Gasteiger partial charge < -0.3 is 19.9 Å². The largest absolute Gasteiger partial charge is 0.378 e. The number of hydrogen-bond donors (Lipinski definition) is 2. The lowest BCUT2D eigenvalue weighted by atomic mass is 10.2. The fourth-order valence-corrected chi connectivity index (χ4v) is 3.56. The molecule has 1 fully saturated rings. The van der Waals surface area contributed by atoms with Gasteiger partial charge in [0, 0.05) is 25.1 Å². The molecule has 0 bridgehead atoms. The zero-order valence-corrected chi connectivity index (χ0v) is 16.7. The standard InChI is InChI=1S/C19H18F4N8O/c20-11-1-2-12-16(15(11)23)27-14(26-12)9-24-18-29-19(30-3-5-32-6-4-30)28-17-10(7-13(21)22)8-25-31(17)18/h1-2,8,13H,3-7,9H2,(H,26,27)(H,24,28,29). The van der Waals surface area contributed by atoms with E-state index in [4.69, 9.17) is 4.74 Å². The summed E-state index contributed by atoms with van der Waals surface area (Å²) in [6.07, 6.45) is -1.70. The third-order valence-electron chi connectivity index (χ3n) is 5.11. The van der Waals surface area contributed by atoms with Crippen LogP contribution in [-0.2, 0) is 17.7 Å². The van der Waals surface area contributed by atoms with Crippen LogP contribution in [-0.4, -0.2) is 62.3 Å². The highest BCUT2D eigenvalue weighted by molar-refractivity contribution is 5.75. The molecule has 13 heteroatoms. The minimum absolute atomic E-state index is 0.0778. The number of H-pyrrole nitrogens is 1. The van der Waals surface area contributed by atoms with Crippen LogP contribution in [0.1, 0.15) is 11.4 Å². The third kappa shape index (κ3) is 3.79. The number of benzene rings is 1. The van der Waals surface area contributed by atoms with Gasteiger partial charge in [-0.3, -0.25) is 0 Å². The minimum atomic E-state index is -2.55. The average Bonchev–Trinajstić information content (AvgIpc) is 3.39.